The van der Waals surface area contributed by atoms with E-state index in [0.29, 0.717) is 23.6 Å². The minimum absolute atomic E-state index is 0.112. The Morgan fingerprint density at radius 1 is 1.35 bits per heavy atom. The molecule has 94 valence electrons. The summed E-state index contributed by atoms with van der Waals surface area (Å²) in [5, 5.41) is 12.7. The van der Waals surface area contributed by atoms with Crippen molar-refractivity contribution in [3.8, 4) is 0 Å². The first-order valence-corrected chi connectivity index (χ1v) is 6.08. The number of aliphatic hydroxyl groups is 1. The molecule has 3 nitrogen and oxygen atoms in total. The van der Waals surface area contributed by atoms with Crippen LogP contribution in [-0.2, 0) is 0 Å². The van der Waals surface area contributed by atoms with Crippen LogP contribution in [0.5, 0.6) is 0 Å². The number of halogens is 1. The van der Waals surface area contributed by atoms with Crippen LogP contribution in [0.15, 0.2) is 24.3 Å². The van der Waals surface area contributed by atoms with Crippen LogP contribution in [-0.4, -0.2) is 23.7 Å². The van der Waals surface area contributed by atoms with E-state index in [-0.39, 0.29) is 17.9 Å². The predicted octanol–water partition coefficient (Wildman–Crippen LogP) is 2.48. The molecule has 0 bridgehead atoms. The molecule has 2 N–H and O–H groups in total. The van der Waals surface area contributed by atoms with E-state index in [1.54, 1.807) is 31.2 Å². The molecule has 0 radical (unpaired) electrons. The van der Waals surface area contributed by atoms with Gasteiger partial charge in [0.05, 0.1) is 6.10 Å². The van der Waals surface area contributed by atoms with Gasteiger partial charge in [-0.15, -0.1) is 0 Å². The first-order valence-electron chi connectivity index (χ1n) is 5.71. The van der Waals surface area contributed by atoms with Gasteiger partial charge < -0.3 is 10.4 Å². The average molecular weight is 256 g/mol. The van der Waals surface area contributed by atoms with Crippen LogP contribution in [0, 0.1) is 5.92 Å². The number of benzene rings is 1. The zero-order valence-electron chi connectivity index (χ0n) is 10.1. The summed E-state index contributed by atoms with van der Waals surface area (Å²) in [6.45, 7) is 4.30. The Bertz CT molecular complexity index is 362. The molecule has 2 atom stereocenters. The summed E-state index contributed by atoms with van der Waals surface area (Å²) in [5.74, 6) is 0.144. The fourth-order valence-corrected chi connectivity index (χ4v) is 1.76. The van der Waals surface area contributed by atoms with Crippen LogP contribution < -0.4 is 5.32 Å². The van der Waals surface area contributed by atoms with Gasteiger partial charge in [-0.2, -0.15) is 0 Å². The second kappa shape index (κ2) is 6.62. The maximum Gasteiger partial charge on any atom is 0.251 e. The smallest absolute Gasteiger partial charge is 0.251 e. The Balaban J connectivity index is 2.42. The monoisotopic (exact) mass is 255 g/mol. The molecule has 0 saturated carbocycles. The zero-order chi connectivity index (χ0) is 12.8. The van der Waals surface area contributed by atoms with Crippen LogP contribution in [0.2, 0.25) is 5.02 Å². The van der Waals surface area contributed by atoms with Gasteiger partial charge in [-0.1, -0.05) is 18.5 Å². The molecule has 1 rings (SSSR count). The SMILES string of the molecule is CC(O)CC(C)CNC(=O)c1ccc(Cl)cc1. The predicted molar refractivity (Wildman–Crippen MR) is 69.2 cm³/mol. The third-order valence-corrected chi connectivity index (χ3v) is 2.71. The van der Waals surface area contributed by atoms with Gasteiger partial charge in [0.15, 0.2) is 0 Å². The highest BCUT2D eigenvalue weighted by Gasteiger charge is 2.09. The van der Waals surface area contributed by atoms with E-state index in [1.807, 2.05) is 6.92 Å². The van der Waals surface area contributed by atoms with E-state index in [1.165, 1.54) is 0 Å². The standard InChI is InChI=1S/C13H18ClNO2/c1-9(7-10(2)16)8-15-13(17)11-3-5-12(14)6-4-11/h3-6,9-10,16H,7-8H2,1-2H3,(H,15,17). The van der Waals surface area contributed by atoms with Crippen LogP contribution in [0.3, 0.4) is 0 Å². The van der Waals surface area contributed by atoms with Gasteiger partial charge in [-0.05, 0) is 43.5 Å². The molecule has 0 aromatic heterocycles. The number of amides is 1. The molecule has 0 fully saturated rings. The van der Waals surface area contributed by atoms with Gasteiger partial charge in [0.2, 0.25) is 0 Å². The summed E-state index contributed by atoms with van der Waals surface area (Å²) >= 11 is 5.74. The summed E-state index contributed by atoms with van der Waals surface area (Å²) < 4.78 is 0. The minimum atomic E-state index is -0.336. The van der Waals surface area contributed by atoms with Crippen molar-refractivity contribution in [3.05, 3.63) is 34.9 Å². The van der Waals surface area contributed by atoms with Crippen LogP contribution in [0.25, 0.3) is 0 Å². The topological polar surface area (TPSA) is 49.3 Å². The molecule has 0 heterocycles. The molecule has 17 heavy (non-hydrogen) atoms. The largest absolute Gasteiger partial charge is 0.393 e. The van der Waals surface area contributed by atoms with Crippen molar-refractivity contribution in [2.45, 2.75) is 26.4 Å². The number of carbonyl (C=O) groups excluding carboxylic acids is 1. The lowest BCUT2D eigenvalue weighted by atomic mass is 10.0. The van der Waals surface area contributed by atoms with Crippen molar-refractivity contribution >= 4 is 17.5 Å². The first-order chi connectivity index (χ1) is 7.99. The number of nitrogens with one attached hydrogen (secondary N) is 1. The quantitative estimate of drug-likeness (QED) is 0.849. The summed E-state index contributed by atoms with van der Waals surface area (Å²) in [7, 11) is 0. The Hall–Kier alpha value is -1.06. The van der Waals surface area contributed by atoms with Crippen LogP contribution in [0.4, 0.5) is 0 Å². The zero-order valence-corrected chi connectivity index (χ0v) is 10.9. The Morgan fingerprint density at radius 3 is 2.47 bits per heavy atom. The van der Waals surface area contributed by atoms with Crippen molar-refractivity contribution in [2.24, 2.45) is 5.92 Å². The van der Waals surface area contributed by atoms with Crippen LogP contribution in [0.1, 0.15) is 30.6 Å². The fourth-order valence-electron chi connectivity index (χ4n) is 1.64. The molecule has 0 aliphatic carbocycles. The number of hydrogen-bond donors (Lipinski definition) is 2. The summed E-state index contributed by atoms with van der Waals surface area (Å²) in [6, 6.07) is 6.76. The van der Waals surface area contributed by atoms with E-state index < -0.39 is 0 Å². The molecule has 0 saturated heterocycles. The number of hydrogen-bond acceptors (Lipinski definition) is 2. The molecule has 1 aromatic rings. The lowest BCUT2D eigenvalue weighted by Gasteiger charge is -2.14. The fraction of sp³-hybridized carbons (Fsp3) is 0.462. The van der Waals surface area contributed by atoms with Crippen molar-refractivity contribution < 1.29 is 9.90 Å². The van der Waals surface area contributed by atoms with E-state index in [0.717, 1.165) is 0 Å². The normalized spacial score (nSPS) is 14.1. The number of rotatable bonds is 5. The van der Waals surface area contributed by atoms with E-state index in [9.17, 15) is 9.90 Å². The van der Waals surface area contributed by atoms with Gasteiger partial charge in [-0.25, -0.2) is 0 Å². The van der Waals surface area contributed by atoms with Gasteiger partial charge >= 0.3 is 0 Å². The Morgan fingerprint density at radius 2 is 1.94 bits per heavy atom. The van der Waals surface area contributed by atoms with Crippen LogP contribution >= 0.6 is 11.6 Å². The summed E-state index contributed by atoms with van der Waals surface area (Å²) in [5.41, 5.74) is 0.596. The van der Waals surface area contributed by atoms with Crippen molar-refractivity contribution in [1.82, 2.24) is 5.32 Å². The Kier molecular flexibility index (Phi) is 5.45. The van der Waals surface area contributed by atoms with Crippen molar-refractivity contribution in [3.63, 3.8) is 0 Å². The highest BCUT2D eigenvalue weighted by atomic mass is 35.5. The minimum Gasteiger partial charge on any atom is -0.393 e. The number of aliphatic hydroxyl groups excluding tert-OH is 1. The number of carbonyl (C=O) groups is 1. The molecular weight excluding hydrogens is 238 g/mol. The molecule has 4 heteroatoms. The van der Waals surface area contributed by atoms with Gasteiger partial charge in [0.1, 0.15) is 0 Å². The summed E-state index contributed by atoms with van der Waals surface area (Å²) in [4.78, 5) is 11.7. The summed E-state index contributed by atoms with van der Waals surface area (Å²) in [6.07, 6.45) is 0.346. The third-order valence-electron chi connectivity index (χ3n) is 2.46. The maximum absolute atomic E-state index is 11.7. The molecular formula is C13H18ClNO2. The van der Waals surface area contributed by atoms with E-state index >= 15 is 0 Å². The maximum atomic E-state index is 11.7. The van der Waals surface area contributed by atoms with E-state index in [4.69, 9.17) is 11.6 Å². The Labute approximate surface area is 107 Å². The molecule has 0 aliphatic heterocycles. The molecule has 2 unspecified atom stereocenters. The molecule has 0 aliphatic rings. The highest BCUT2D eigenvalue weighted by molar-refractivity contribution is 6.30. The van der Waals surface area contributed by atoms with Crippen molar-refractivity contribution in [1.29, 1.82) is 0 Å². The van der Waals surface area contributed by atoms with Gasteiger partial charge in [0, 0.05) is 17.1 Å². The molecule has 0 spiro atoms. The first kappa shape index (κ1) is 14.0. The molecule has 1 amide bonds. The average Bonchev–Trinajstić information content (AvgIpc) is 2.26. The highest BCUT2D eigenvalue weighted by Crippen LogP contribution is 2.10. The van der Waals surface area contributed by atoms with Crippen molar-refractivity contribution in [2.75, 3.05) is 6.54 Å². The lowest BCUT2D eigenvalue weighted by molar-refractivity contribution is 0.0939. The second-order valence-electron chi connectivity index (χ2n) is 4.41. The molecule has 1 aromatic carbocycles. The lowest BCUT2D eigenvalue weighted by Crippen LogP contribution is -2.29. The van der Waals surface area contributed by atoms with E-state index in [2.05, 4.69) is 5.32 Å². The third kappa shape index (κ3) is 5.20. The van der Waals surface area contributed by atoms with Gasteiger partial charge in [0.25, 0.3) is 5.91 Å². The second-order valence-corrected chi connectivity index (χ2v) is 4.84. The van der Waals surface area contributed by atoms with Gasteiger partial charge in [-0.3, -0.25) is 4.79 Å².